The van der Waals surface area contributed by atoms with Gasteiger partial charge >= 0.3 is 0 Å². The van der Waals surface area contributed by atoms with Crippen LogP contribution in [0.3, 0.4) is 0 Å². The molecule has 8 heteroatoms. The molecule has 1 N–H and O–H groups in total. The minimum absolute atomic E-state index is 0.0115. The fourth-order valence-corrected chi connectivity index (χ4v) is 6.15. The summed E-state index contributed by atoms with van der Waals surface area (Å²) in [6.07, 6.45) is 13.2. The van der Waals surface area contributed by atoms with Crippen molar-refractivity contribution in [3.8, 4) is 5.69 Å². The van der Waals surface area contributed by atoms with Gasteiger partial charge in [0, 0.05) is 49.6 Å². The highest BCUT2D eigenvalue weighted by molar-refractivity contribution is 5.44. The van der Waals surface area contributed by atoms with Gasteiger partial charge in [0.2, 0.25) is 0 Å². The van der Waals surface area contributed by atoms with Crippen LogP contribution in [0.2, 0.25) is 0 Å². The Morgan fingerprint density at radius 2 is 1.91 bits per heavy atom. The van der Waals surface area contributed by atoms with Crippen molar-refractivity contribution >= 4 is 5.82 Å². The SMILES string of the molecule is CC1(CN2CCC3(CC2)COCCO3)CCC(Nc2cc(-n3nccc3C3CC3)cnn2)CC1. The molecule has 2 aliphatic carbocycles. The summed E-state index contributed by atoms with van der Waals surface area (Å²) in [5.74, 6) is 1.51. The van der Waals surface area contributed by atoms with E-state index in [2.05, 4.69) is 44.6 Å². The fourth-order valence-electron chi connectivity index (χ4n) is 6.15. The highest BCUT2D eigenvalue weighted by Gasteiger charge is 2.40. The van der Waals surface area contributed by atoms with E-state index in [1.54, 1.807) is 0 Å². The molecule has 2 aliphatic heterocycles. The van der Waals surface area contributed by atoms with Gasteiger partial charge in [-0.05, 0) is 62.8 Å². The summed E-state index contributed by atoms with van der Waals surface area (Å²) in [6, 6.07) is 4.68. The lowest BCUT2D eigenvalue weighted by Gasteiger charge is -2.47. The normalized spacial score (nSPS) is 29.9. The van der Waals surface area contributed by atoms with E-state index >= 15 is 0 Å². The topological polar surface area (TPSA) is 77.3 Å². The summed E-state index contributed by atoms with van der Waals surface area (Å²) in [5.41, 5.74) is 2.66. The smallest absolute Gasteiger partial charge is 0.151 e. The molecule has 2 aromatic heterocycles. The average molecular weight is 467 g/mol. The number of ether oxygens (including phenoxy) is 2. The number of aromatic nitrogens is 4. The Hall–Kier alpha value is -2.03. The number of rotatable bonds is 6. The van der Waals surface area contributed by atoms with E-state index in [1.807, 2.05) is 17.1 Å². The van der Waals surface area contributed by atoms with E-state index in [9.17, 15) is 0 Å². The van der Waals surface area contributed by atoms with Crippen molar-refractivity contribution in [1.82, 2.24) is 24.9 Å². The van der Waals surface area contributed by atoms with E-state index in [-0.39, 0.29) is 5.60 Å². The third-order valence-electron chi connectivity index (χ3n) is 8.47. The van der Waals surface area contributed by atoms with E-state index in [0.29, 0.717) is 17.4 Å². The molecule has 0 bridgehead atoms. The maximum atomic E-state index is 6.12. The van der Waals surface area contributed by atoms with Crippen LogP contribution in [0.25, 0.3) is 5.69 Å². The lowest BCUT2D eigenvalue weighted by atomic mass is 9.73. The van der Waals surface area contributed by atoms with E-state index < -0.39 is 0 Å². The summed E-state index contributed by atoms with van der Waals surface area (Å²) in [4.78, 5) is 2.66. The number of hydrogen-bond acceptors (Lipinski definition) is 7. The van der Waals surface area contributed by atoms with Gasteiger partial charge in [-0.3, -0.25) is 0 Å². The largest absolute Gasteiger partial charge is 0.376 e. The molecule has 2 saturated heterocycles. The summed E-state index contributed by atoms with van der Waals surface area (Å²) in [7, 11) is 0. The van der Waals surface area contributed by atoms with E-state index in [0.717, 1.165) is 57.3 Å². The van der Waals surface area contributed by atoms with Gasteiger partial charge in [0.15, 0.2) is 5.82 Å². The number of anilines is 1. The van der Waals surface area contributed by atoms with Gasteiger partial charge in [-0.25, -0.2) is 4.68 Å². The van der Waals surface area contributed by atoms with Crippen LogP contribution >= 0.6 is 0 Å². The Morgan fingerprint density at radius 3 is 2.65 bits per heavy atom. The highest BCUT2D eigenvalue weighted by atomic mass is 16.6. The molecule has 4 aliphatic rings. The summed E-state index contributed by atoms with van der Waals surface area (Å²) in [6.45, 7) is 8.19. The zero-order valence-electron chi connectivity index (χ0n) is 20.4. The van der Waals surface area contributed by atoms with Gasteiger partial charge in [-0.1, -0.05) is 6.92 Å². The first-order chi connectivity index (χ1) is 16.6. The van der Waals surface area contributed by atoms with Gasteiger partial charge in [0.1, 0.15) is 0 Å². The fraction of sp³-hybridized carbons (Fsp3) is 0.731. The molecule has 2 aromatic rings. The van der Waals surface area contributed by atoms with Gasteiger partial charge < -0.3 is 19.7 Å². The second-order valence-corrected chi connectivity index (χ2v) is 11.3. The average Bonchev–Trinajstić information content (AvgIpc) is 3.59. The predicted molar refractivity (Wildman–Crippen MR) is 130 cm³/mol. The molecule has 0 aromatic carbocycles. The predicted octanol–water partition coefficient (Wildman–Crippen LogP) is 3.78. The summed E-state index contributed by atoms with van der Waals surface area (Å²) in [5, 5.41) is 16.9. The lowest BCUT2D eigenvalue weighted by Crippen LogP contribution is -2.53. The van der Waals surface area contributed by atoms with Gasteiger partial charge in [0.05, 0.1) is 37.3 Å². The quantitative estimate of drug-likeness (QED) is 0.694. The van der Waals surface area contributed by atoms with Crippen LogP contribution in [0.15, 0.2) is 24.5 Å². The van der Waals surface area contributed by atoms with Crippen LogP contribution in [0.5, 0.6) is 0 Å². The maximum Gasteiger partial charge on any atom is 0.151 e. The van der Waals surface area contributed by atoms with E-state index in [1.165, 1.54) is 50.8 Å². The first-order valence-corrected chi connectivity index (χ1v) is 13.2. The molecule has 0 atom stereocenters. The first kappa shape index (κ1) is 22.4. The van der Waals surface area contributed by atoms with Crippen LogP contribution in [-0.2, 0) is 9.47 Å². The molecule has 0 unspecified atom stereocenters. The van der Waals surface area contributed by atoms with Crippen LogP contribution in [0, 0.1) is 5.41 Å². The summed E-state index contributed by atoms with van der Waals surface area (Å²) >= 11 is 0. The summed E-state index contributed by atoms with van der Waals surface area (Å²) < 4.78 is 13.9. The molecule has 8 nitrogen and oxygen atoms in total. The Labute approximate surface area is 202 Å². The third kappa shape index (κ3) is 4.86. The molecule has 6 rings (SSSR count). The Bertz CT molecular complexity index is 965. The second-order valence-electron chi connectivity index (χ2n) is 11.3. The van der Waals surface area contributed by atoms with Gasteiger partial charge in [0.25, 0.3) is 0 Å². The number of piperidine rings is 1. The van der Waals surface area contributed by atoms with Crippen molar-refractivity contribution in [2.75, 3.05) is 44.8 Å². The molecule has 2 saturated carbocycles. The molecular weight excluding hydrogens is 428 g/mol. The number of hydrogen-bond donors (Lipinski definition) is 1. The Balaban J connectivity index is 1.01. The molecular formula is C26H38N6O2. The van der Waals surface area contributed by atoms with Crippen molar-refractivity contribution in [1.29, 1.82) is 0 Å². The minimum Gasteiger partial charge on any atom is -0.376 e. The van der Waals surface area contributed by atoms with Gasteiger partial charge in [-0.2, -0.15) is 10.2 Å². The van der Waals surface area contributed by atoms with Crippen LogP contribution in [0.4, 0.5) is 5.82 Å². The number of likely N-dealkylation sites (tertiary alicyclic amines) is 1. The van der Waals surface area contributed by atoms with Crippen molar-refractivity contribution in [3.05, 3.63) is 30.2 Å². The second kappa shape index (κ2) is 9.21. The van der Waals surface area contributed by atoms with Crippen molar-refractivity contribution in [2.24, 2.45) is 5.41 Å². The minimum atomic E-state index is -0.0115. The zero-order valence-corrected chi connectivity index (χ0v) is 20.4. The van der Waals surface area contributed by atoms with Crippen molar-refractivity contribution in [2.45, 2.75) is 75.9 Å². The molecule has 34 heavy (non-hydrogen) atoms. The van der Waals surface area contributed by atoms with Crippen molar-refractivity contribution in [3.63, 3.8) is 0 Å². The highest BCUT2D eigenvalue weighted by Crippen LogP contribution is 2.41. The molecule has 1 spiro atoms. The first-order valence-electron chi connectivity index (χ1n) is 13.2. The zero-order chi connectivity index (χ0) is 23.0. The number of nitrogens with one attached hydrogen (secondary N) is 1. The molecule has 184 valence electrons. The molecule has 0 amide bonds. The number of nitrogens with zero attached hydrogens (tertiary/aromatic N) is 5. The van der Waals surface area contributed by atoms with Gasteiger partial charge in [-0.15, -0.1) is 5.10 Å². The van der Waals surface area contributed by atoms with Crippen LogP contribution < -0.4 is 5.32 Å². The monoisotopic (exact) mass is 466 g/mol. The standard InChI is InChI=1S/C26H38N6O2/c1-25(18-31-12-9-26(10-13-31)19-33-14-15-34-26)7-4-21(5-8-25)29-24-16-22(17-27-30-24)32-23(6-11-28-32)20-2-3-20/h6,11,16-17,20-21H,2-5,7-10,12-15,18-19H2,1H3,(H,29,30). The van der Waals surface area contributed by atoms with Crippen LogP contribution in [0.1, 0.15) is 69.9 Å². The molecule has 4 fully saturated rings. The van der Waals surface area contributed by atoms with E-state index in [4.69, 9.17) is 9.47 Å². The Kier molecular flexibility index (Phi) is 6.07. The Morgan fingerprint density at radius 1 is 1.09 bits per heavy atom. The maximum absolute atomic E-state index is 6.12. The molecule has 4 heterocycles. The molecule has 0 radical (unpaired) electrons. The van der Waals surface area contributed by atoms with Crippen LogP contribution in [-0.4, -0.2) is 76.0 Å². The lowest BCUT2D eigenvalue weighted by molar-refractivity contribution is -0.178. The van der Waals surface area contributed by atoms with Crippen molar-refractivity contribution < 1.29 is 9.47 Å². The third-order valence-corrected chi connectivity index (χ3v) is 8.47.